The zero-order valence-corrected chi connectivity index (χ0v) is 36.8. The van der Waals surface area contributed by atoms with E-state index in [1.54, 1.807) is 0 Å². The summed E-state index contributed by atoms with van der Waals surface area (Å²) in [5.41, 5.74) is 13.0. The smallest absolute Gasteiger partial charge is 0.0629 e. The van der Waals surface area contributed by atoms with Gasteiger partial charge in [0.05, 0.1) is 23.1 Å². The van der Waals surface area contributed by atoms with Crippen LogP contribution in [-0.2, 0) is 0 Å². The molecule has 0 saturated carbocycles. The van der Waals surface area contributed by atoms with Gasteiger partial charge in [-0.1, -0.05) is 188 Å². The minimum absolute atomic E-state index is 0.210. The number of fused-ring (bicyclic) bond motifs is 7. The van der Waals surface area contributed by atoms with Gasteiger partial charge >= 0.3 is 0 Å². The Kier molecular flexibility index (Phi) is 9.31. The lowest BCUT2D eigenvalue weighted by molar-refractivity contribution is 0.745. The average Bonchev–Trinajstić information content (AvgIpc) is 3.73. The van der Waals surface area contributed by atoms with Crippen molar-refractivity contribution >= 4 is 88.6 Å². The predicted octanol–water partition coefficient (Wildman–Crippen LogP) is 17.6. The molecular weight excluding hydrogens is 811 g/mol. The van der Waals surface area contributed by atoms with E-state index in [0.29, 0.717) is 0 Å². The first-order chi connectivity index (χ1) is 33.2. The Bertz CT molecular complexity index is 3730. The summed E-state index contributed by atoms with van der Waals surface area (Å²) in [6, 6.07) is 86.9. The fourth-order valence-corrected chi connectivity index (χ4v) is 10.8. The van der Waals surface area contributed by atoms with Crippen LogP contribution >= 0.6 is 0 Å². The molecule has 0 spiro atoms. The van der Waals surface area contributed by atoms with Crippen molar-refractivity contribution in [3.05, 3.63) is 266 Å². The summed E-state index contributed by atoms with van der Waals surface area (Å²) in [6.07, 6.45) is 9.12. The molecule has 11 aromatic carbocycles. The van der Waals surface area contributed by atoms with Crippen LogP contribution in [-0.4, -0.2) is 6.04 Å². The quantitative estimate of drug-likeness (QED) is 0.151. The Morgan fingerprint density at radius 1 is 0.343 bits per heavy atom. The molecule has 3 heteroatoms. The van der Waals surface area contributed by atoms with Gasteiger partial charge < -0.3 is 14.7 Å². The highest BCUT2D eigenvalue weighted by Crippen LogP contribution is 2.51. The lowest BCUT2D eigenvalue weighted by Gasteiger charge is -2.30. The van der Waals surface area contributed by atoms with Crippen LogP contribution in [0.5, 0.6) is 0 Å². The van der Waals surface area contributed by atoms with Gasteiger partial charge in [-0.25, -0.2) is 0 Å². The number of rotatable bonds is 8. The molecule has 67 heavy (non-hydrogen) atoms. The lowest BCUT2D eigenvalue weighted by Crippen LogP contribution is -2.28. The number of hydrogen-bond acceptors (Lipinski definition) is 3. The fourth-order valence-electron chi connectivity index (χ4n) is 10.8. The Hall–Kier alpha value is -8.66. The minimum atomic E-state index is 0.210. The SMILES string of the molecule is C1=CC2c3cc(N(c4cccc5ccccc45)c4ccc(-c5ccc(N(c6ccc7ccccc7c6)c6cccc7ccccc67)cc5)c5ccccc45)ccc3N(c3ccccc3)C2C=C1. The molecule has 0 radical (unpaired) electrons. The van der Waals surface area contributed by atoms with E-state index in [9.17, 15) is 0 Å². The first-order valence-electron chi connectivity index (χ1n) is 23.3. The van der Waals surface area contributed by atoms with Crippen LogP contribution in [0.25, 0.3) is 54.2 Å². The van der Waals surface area contributed by atoms with Crippen molar-refractivity contribution in [2.24, 2.45) is 0 Å². The van der Waals surface area contributed by atoms with Crippen LogP contribution in [0.15, 0.2) is 261 Å². The van der Waals surface area contributed by atoms with Crippen LogP contribution in [0, 0.1) is 0 Å². The number of benzene rings is 11. The van der Waals surface area contributed by atoms with Crippen LogP contribution in [0.2, 0.25) is 0 Å². The predicted molar refractivity (Wildman–Crippen MR) is 285 cm³/mol. The zero-order chi connectivity index (χ0) is 44.3. The third-order valence-electron chi connectivity index (χ3n) is 13.9. The molecule has 2 unspecified atom stereocenters. The van der Waals surface area contributed by atoms with Crippen molar-refractivity contribution in [3.8, 4) is 11.1 Å². The summed E-state index contributed by atoms with van der Waals surface area (Å²) in [6.45, 7) is 0. The van der Waals surface area contributed by atoms with Gasteiger partial charge in [0, 0.05) is 50.5 Å². The minimum Gasteiger partial charge on any atom is -0.333 e. The molecule has 1 heterocycles. The summed E-state index contributed by atoms with van der Waals surface area (Å²) in [4.78, 5) is 7.40. The average molecular weight is 856 g/mol. The zero-order valence-electron chi connectivity index (χ0n) is 36.8. The summed E-state index contributed by atoms with van der Waals surface area (Å²) in [5.74, 6) is 0.231. The summed E-state index contributed by atoms with van der Waals surface area (Å²) in [5, 5.41) is 9.69. The molecule has 0 saturated heterocycles. The third kappa shape index (κ3) is 6.58. The third-order valence-corrected chi connectivity index (χ3v) is 13.9. The van der Waals surface area contributed by atoms with Crippen LogP contribution in [0.1, 0.15) is 11.5 Å². The molecule has 316 valence electrons. The molecule has 0 N–H and O–H groups in total. The standard InChI is InChI=1S/C64H45N3/c1-2-22-49(23-3-1)66-62-29-13-12-28-58(62)59-43-52(38-40-64(59)66)67(61-31-15-21-46-18-7-9-25-55(46)61)63-41-39-53(56-26-10-11-27-57(56)63)47-33-35-50(36-34-47)65(51-37-32-44-16-4-5-19-48(44)42-51)60-30-14-20-45-17-6-8-24-54(45)60/h1-43,58,62H. The highest BCUT2D eigenvalue weighted by atomic mass is 15.2. The van der Waals surface area contributed by atoms with E-state index in [2.05, 4.69) is 276 Å². The van der Waals surface area contributed by atoms with E-state index < -0.39 is 0 Å². The molecule has 0 aromatic heterocycles. The van der Waals surface area contributed by atoms with Gasteiger partial charge in [0.1, 0.15) is 0 Å². The van der Waals surface area contributed by atoms with Crippen molar-refractivity contribution in [1.29, 1.82) is 0 Å². The van der Waals surface area contributed by atoms with Gasteiger partial charge in [0.25, 0.3) is 0 Å². The molecular formula is C64H45N3. The molecule has 0 bridgehead atoms. The largest absolute Gasteiger partial charge is 0.333 e. The Morgan fingerprint density at radius 2 is 0.896 bits per heavy atom. The fraction of sp³-hybridized carbons (Fsp3) is 0.0312. The number of anilines is 8. The van der Waals surface area contributed by atoms with Crippen molar-refractivity contribution < 1.29 is 0 Å². The first kappa shape index (κ1) is 38.8. The number of nitrogens with zero attached hydrogens (tertiary/aromatic N) is 3. The molecule has 1 aliphatic carbocycles. The Balaban J connectivity index is 0.950. The van der Waals surface area contributed by atoms with Crippen LogP contribution in [0.3, 0.4) is 0 Å². The number of hydrogen-bond donors (Lipinski definition) is 0. The molecule has 0 amide bonds. The molecule has 2 aliphatic rings. The van der Waals surface area contributed by atoms with Crippen LogP contribution in [0.4, 0.5) is 45.5 Å². The molecule has 2 atom stereocenters. The first-order valence-corrected chi connectivity index (χ1v) is 23.3. The maximum Gasteiger partial charge on any atom is 0.0629 e. The molecule has 11 aromatic rings. The van der Waals surface area contributed by atoms with Gasteiger partial charge in [-0.2, -0.15) is 0 Å². The lowest BCUT2D eigenvalue weighted by atomic mass is 9.91. The summed E-state index contributed by atoms with van der Waals surface area (Å²) in [7, 11) is 0. The van der Waals surface area contributed by atoms with Crippen molar-refractivity contribution in [2.45, 2.75) is 12.0 Å². The second kappa shape index (κ2) is 16.1. The van der Waals surface area contributed by atoms with Crippen molar-refractivity contribution in [3.63, 3.8) is 0 Å². The Labute approximate surface area is 391 Å². The van der Waals surface area contributed by atoms with Gasteiger partial charge in [0.15, 0.2) is 0 Å². The normalized spacial score (nSPS) is 15.0. The van der Waals surface area contributed by atoms with Gasteiger partial charge in [-0.3, -0.25) is 0 Å². The van der Waals surface area contributed by atoms with Crippen molar-refractivity contribution in [1.82, 2.24) is 0 Å². The van der Waals surface area contributed by atoms with Gasteiger partial charge in [-0.05, 0) is 116 Å². The van der Waals surface area contributed by atoms with E-state index >= 15 is 0 Å². The van der Waals surface area contributed by atoms with E-state index in [1.165, 1.54) is 71.2 Å². The van der Waals surface area contributed by atoms with E-state index in [1.807, 2.05) is 0 Å². The monoisotopic (exact) mass is 855 g/mol. The second-order valence-corrected chi connectivity index (χ2v) is 17.7. The maximum atomic E-state index is 2.50. The van der Waals surface area contributed by atoms with E-state index in [0.717, 1.165) is 34.1 Å². The van der Waals surface area contributed by atoms with Gasteiger partial charge in [0.2, 0.25) is 0 Å². The molecule has 3 nitrogen and oxygen atoms in total. The van der Waals surface area contributed by atoms with Gasteiger partial charge in [-0.15, -0.1) is 0 Å². The highest BCUT2D eigenvalue weighted by Gasteiger charge is 2.38. The molecule has 0 fully saturated rings. The van der Waals surface area contributed by atoms with Crippen LogP contribution < -0.4 is 14.7 Å². The molecule has 13 rings (SSSR count). The maximum absolute atomic E-state index is 2.50. The Morgan fingerprint density at radius 3 is 1.64 bits per heavy atom. The second-order valence-electron chi connectivity index (χ2n) is 17.7. The number of para-hydroxylation sites is 1. The number of allylic oxidation sites excluding steroid dienone is 2. The van der Waals surface area contributed by atoms with Crippen molar-refractivity contribution in [2.75, 3.05) is 14.7 Å². The van der Waals surface area contributed by atoms with E-state index in [-0.39, 0.29) is 12.0 Å². The highest BCUT2D eigenvalue weighted by molar-refractivity contribution is 6.09. The summed E-state index contributed by atoms with van der Waals surface area (Å²) < 4.78 is 0. The molecule has 1 aliphatic heterocycles. The summed E-state index contributed by atoms with van der Waals surface area (Å²) >= 11 is 0. The van der Waals surface area contributed by atoms with E-state index in [4.69, 9.17) is 0 Å². The topological polar surface area (TPSA) is 9.72 Å².